The molecule has 0 unspecified atom stereocenters. The van der Waals surface area contributed by atoms with E-state index in [1.807, 2.05) is 6.92 Å². The Hall–Kier alpha value is -0.880. The number of aromatic nitrogens is 2. The lowest BCUT2D eigenvalue weighted by Gasteiger charge is -2.19. The molecule has 0 spiro atoms. The zero-order chi connectivity index (χ0) is 17.4. The third kappa shape index (κ3) is 5.88. The topological polar surface area (TPSA) is 64.0 Å². The van der Waals surface area contributed by atoms with Crippen LogP contribution in [0.5, 0.6) is 0 Å². The number of nitrogens with zero attached hydrogens (tertiary/aromatic N) is 2. The van der Waals surface area contributed by atoms with Gasteiger partial charge < -0.3 is 0 Å². The maximum atomic E-state index is 12.8. The van der Waals surface area contributed by atoms with Gasteiger partial charge in [0.2, 0.25) is 10.0 Å². The van der Waals surface area contributed by atoms with Crippen molar-refractivity contribution in [2.75, 3.05) is 0 Å². The van der Waals surface area contributed by atoms with E-state index in [1.54, 1.807) is 17.8 Å². The smallest absolute Gasteiger partial charge is 0.244 e. The largest absolute Gasteiger partial charge is 0.271 e. The van der Waals surface area contributed by atoms with Gasteiger partial charge in [0.15, 0.2) is 0 Å². The lowest BCUT2D eigenvalue weighted by Crippen LogP contribution is -2.35. The number of nitrogens with one attached hydrogen (secondary N) is 1. The summed E-state index contributed by atoms with van der Waals surface area (Å²) in [6.07, 6.45) is 14.8. The van der Waals surface area contributed by atoms with Crippen molar-refractivity contribution in [2.45, 2.75) is 102 Å². The van der Waals surface area contributed by atoms with Crippen molar-refractivity contribution in [1.82, 2.24) is 14.5 Å². The summed E-state index contributed by atoms with van der Waals surface area (Å²) in [6, 6.07) is 0.0544. The third-order valence-corrected chi connectivity index (χ3v) is 6.57. The lowest BCUT2D eigenvalue weighted by molar-refractivity contribution is 0.440. The summed E-state index contributed by atoms with van der Waals surface area (Å²) in [5.41, 5.74) is 0.581. The monoisotopic (exact) mass is 355 g/mol. The van der Waals surface area contributed by atoms with Crippen LogP contribution in [0, 0.1) is 6.92 Å². The minimum atomic E-state index is -3.48. The van der Waals surface area contributed by atoms with Gasteiger partial charge >= 0.3 is 0 Å². The van der Waals surface area contributed by atoms with E-state index >= 15 is 0 Å². The zero-order valence-electron chi connectivity index (χ0n) is 15.3. The van der Waals surface area contributed by atoms with Crippen molar-refractivity contribution in [1.29, 1.82) is 0 Å². The van der Waals surface area contributed by atoms with E-state index in [0.29, 0.717) is 17.1 Å². The summed E-state index contributed by atoms with van der Waals surface area (Å²) in [4.78, 5) is 0.329. The summed E-state index contributed by atoms with van der Waals surface area (Å²) < 4.78 is 30.2. The van der Waals surface area contributed by atoms with Crippen LogP contribution in [-0.4, -0.2) is 24.2 Å². The van der Waals surface area contributed by atoms with Crippen molar-refractivity contribution in [3.05, 3.63) is 11.9 Å². The van der Waals surface area contributed by atoms with Gasteiger partial charge in [0.1, 0.15) is 4.90 Å². The zero-order valence-corrected chi connectivity index (χ0v) is 16.1. The molecule has 6 heteroatoms. The second-order valence-corrected chi connectivity index (χ2v) is 8.69. The average Bonchev–Trinajstić information content (AvgIpc) is 2.92. The number of hydrogen-bond donors (Lipinski definition) is 1. The molecule has 24 heavy (non-hydrogen) atoms. The highest BCUT2D eigenvalue weighted by molar-refractivity contribution is 7.89. The first-order valence-electron chi connectivity index (χ1n) is 9.59. The van der Waals surface area contributed by atoms with Gasteiger partial charge in [-0.05, 0) is 26.7 Å². The van der Waals surface area contributed by atoms with E-state index in [2.05, 4.69) is 9.82 Å². The van der Waals surface area contributed by atoms with Gasteiger partial charge in [0.25, 0.3) is 0 Å². The fourth-order valence-corrected chi connectivity index (χ4v) is 4.98. The molecule has 1 saturated carbocycles. The van der Waals surface area contributed by atoms with E-state index < -0.39 is 10.0 Å². The summed E-state index contributed by atoms with van der Waals surface area (Å²) >= 11 is 0. The van der Waals surface area contributed by atoms with Gasteiger partial charge in [-0.1, -0.05) is 57.8 Å². The van der Waals surface area contributed by atoms with Crippen molar-refractivity contribution >= 4 is 10.0 Å². The molecule has 0 atom stereocenters. The summed E-state index contributed by atoms with van der Waals surface area (Å²) in [7, 11) is -3.48. The summed E-state index contributed by atoms with van der Waals surface area (Å²) in [6.45, 7) is 4.41. The van der Waals surface area contributed by atoms with Crippen molar-refractivity contribution in [3.8, 4) is 0 Å². The number of hydrogen-bond acceptors (Lipinski definition) is 3. The highest BCUT2D eigenvalue weighted by Crippen LogP contribution is 2.20. The van der Waals surface area contributed by atoms with E-state index in [-0.39, 0.29) is 6.04 Å². The minimum Gasteiger partial charge on any atom is -0.271 e. The Labute approximate surface area is 147 Å². The van der Waals surface area contributed by atoms with Crippen LogP contribution >= 0.6 is 0 Å². The Morgan fingerprint density at radius 2 is 1.54 bits per heavy atom. The molecule has 0 bridgehead atoms. The second kappa shape index (κ2) is 9.56. The number of rotatable bonds is 4. The van der Waals surface area contributed by atoms with E-state index in [4.69, 9.17) is 0 Å². The van der Waals surface area contributed by atoms with E-state index in [0.717, 1.165) is 25.7 Å². The van der Waals surface area contributed by atoms with Crippen LogP contribution in [-0.2, 0) is 16.6 Å². The highest BCUT2D eigenvalue weighted by Gasteiger charge is 2.23. The molecular weight excluding hydrogens is 322 g/mol. The minimum absolute atomic E-state index is 0.0544. The van der Waals surface area contributed by atoms with Crippen molar-refractivity contribution in [2.24, 2.45) is 0 Å². The fourth-order valence-electron chi connectivity index (χ4n) is 3.49. The molecule has 0 aliphatic heterocycles. The van der Waals surface area contributed by atoms with Crippen LogP contribution in [0.15, 0.2) is 11.1 Å². The second-order valence-electron chi connectivity index (χ2n) is 7.01. The maximum absolute atomic E-state index is 12.8. The first-order chi connectivity index (χ1) is 11.5. The lowest BCUT2D eigenvalue weighted by atomic mass is 9.98. The van der Waals surface area contributed by atoms with Crippen LogP contribution in [0.3, 0.4) is 0 Å². The highest BCUT2D eigenvalue weighted by atomic mass is 32.2. The molecule has 0 saturated heterocycles. The normalized spacial score (nSPS) is 19.6. The predicted molar refractivity (Wildman–Crippen MR) is 97.5 cm³/mol. The van der Waals surface area contributed by atoms with Gasteiger partial charge in [-0.3, -0.25) is 4.68 Å². The van der Waals surface area contributed by atoms with Crippen molar-refractivity contribution in [3.63, 3.8) is 0 Å². The Kier molecular flexibility index (Phi) is 7.75. The molecule has 1 heterocycles. The Morgan fingerprint density at radius 1 is 1.04 bits per heavy atom. The van der Waals surface area contributed by atoms with E-state index in [9.17, 15) is 8.42 Å². The molecule has 1 aromatic heterocycles. The van der Waals surface area contributed by atoms with Gasteiger partial charge in [-0.2, -0.15) is 5.10 Å². The Morgan fingerprint density at radius 3 is 2.00 bits per heavy atom. The Balaban J connectivity index is 2.02. The predicted octanol–water partition coefficient (Wildman–Crippen LogP) is 4.16. The van der Waals surface area contributed by atoms with Gasteiger partial charge in [0.05, 0.1) is 5.69 Å². The van der Waals surface area contributed by atoms with Gasteiger partial charge in [-0.25, -0.2) is 13.1 Å². The SMILES string of the molecule is CCn1cc(S(=O)(=O)NC2CCCCCCCCCCC2)c(C)n1. The standard InChI is InChI=1S/C18H33N3O2S/c1-3-21-15-18(16(2)19-21)24(22,23)20-17-13-11-9-7-5-4-6-8-10-12-14-17/h15,17,20H,3-14H2,1-2H3. The quantitative estimate of drug-likeness (QED) is 0.882. The molecule has 0 aromatic carbocycles. The first-order valence-corrected chi connectivity index (χ1v) is 11.1. The molecule has 5 nitrogen and oxygen atoms in total. The molecule has 1 aliphatic carbocycles. The van der Waals surface area contributed by atoms with Crippen LogP contribution in [0.1, 0.15) is 83.2 Å². The maximum Gasteiger partial charge on any atom is 0.244 e. The van der Waals surface area contributed by atoms with Crippen LogP contribution in [0.4, 0.5) is 0 Å². The first kappa shape index (κ1) is 19.4. The van der Waals surface area contributed by atoms with Crippen LogP contribution in [0.2, 0.25) is 0 Å². The molecule has 1 fully saturated rings. The van der Waals surface area contributed by atoms with Crippen molar-refractivity contribution < 1.29 is 8.42 Å². The average molecular weight is 356 g/mol. The summed E-state index contributed by atoms with van der Waals surface area (Å²) in [5.74, 6) is 0. The van der Waals surface area contributed by atoms with Crippen LogP contribution in [0.25, 0.3) is 0 Å². The van der Waals surface area contributed by atoms with Crippen LogP contribution < -0.4 is 4.72 Å². The molecule has 1 aromatic rings. The molecule has 138 valence electrons. The van der Waals surface area contributed by atoms with Gasteiger partial charge in [0, 0.05) is 18.8 Å². The molecular formula is C18H33N3O2S. The summed E-state index contributed by atoms with van der Waals surface area (Å²) in [5, 5.41) is 4.27. The van der Waals surface area contributed by atoms with Gasteiger partial charge in [-0.15, -0.1) is 0 Å². The molecule has 0 radical (unpaired) electrons. The Bertz CT molecular complexity index is 583. The third-order valence-electron chi connectivity index (χ3n) is 4.94. The molecule has 1 aliphatic rings. The number of aryl methyl sites for hydroxylation is 2. The fraction of sp³-hybridized carbons (Fsp3) is 0.833. The molecule has 0 amide bonds. The molecule has 1 N–H and O–H groups in total. The number of sulfonamides is 1. The van der Waals surface area contributed by atoms with E-state index in [1.165, 1.54) is 44.9 Å². The molecule has 2 rings (SSSR count).